The molecule has 20 heavy (non-hydrogen) atoms. The van der Waals surface area contributed by atoms with E-state index in [2.05, 4.69) is 22.5 Å². The van der Waals surface area contributed by atoms with Crippen LogP contribution in [0.4, 0.5) is 0 Å². The normalized spacial score (nSPS) is 12.9. The maximum Gasteiger partial charge on any atom is 0.127 e. The molecule has 0 radical (unpaired) electrons. The fraction of sp³-hybridized carbons (Fsp3) is 0.562. The van der Waals surface area contributed by atoms with Crippen molar-refractivity contribution in [1.29, 1.82) is 0 Å². The third-order valence-electron chi connectivity index (χ3n) is 3.35. The highest BCUT2D eigenvalue weighted by molar-refractivity contribution is 6.20. The van der Waals surface area contributed by atoms with Crippen LogP contribution in [0.3, 0.4) is 0 Å². The van der Waals surface area contributed by atoms with Gasteiger partial charge in [-0.05, 0) is 31.9 Å². The first-order chi connectivity index (χ1) is 9.74. The van der Waals surface area contributed by atoms with E-state index in [1.165, 1.54) is 6.42 Å². The number of hydrogen-bond acceptors (Lipinski definition) is 2. The molecule has 1 heterocycles. The average Bonchev–Trinajstić information content (AvgIpc) is 2.82. The summed E-state index contributed by atoms with van der Waals surface area (Å²) in [5.41, 5.74) is 2.17. The SMILES string of the molecule is CCCCOCCCn1c(C(C)Cl)nc2ccccc21. The number of unbranched alkanes of at least 4 members (excludes halogenated alkanes) is 1. The van der Waals surface area contributed by atoms with Crippen molar-refractivity contribution in [2.75, 3.05) is 13.2 Å². The zero-order valence-electron chi connectivity index (χ0n) is 12.3. The molecule has 2 aromatic rings. The number of fused-ring (bicyclic) bond motifs is 1. The van der Waals surface area contributed by atoms with E-state index in [0.29, 0.717) is 0 Å². The Hall–Kier alpha value is -1.06. The van der Waals surface area contributed by atoms with Crippen molar-refractivity contribution in [2.45, 2.75) is 45.0 Å². The topological polar surface area (TPSA) is 27.1 Å². The van der Waals surface area contributed by atoms with E-state index in [0.717, 1.165) is 49.5 Å². The van der Waals surface area contributed by atoms with Gasteiger partial charge in [0.15, 0.2) is 0 Å². The van der Waals surface area contributed by atoms with Crippen molar-refractivity contribution in [3.63, 3.8) is 0 Å². The zero-order valence-corrected chi connectivity index (χ0v) is 13.1. The van der Waals surface area contributed by atoms with Crippen LogP contribution in [0.15, 0.2) is 24.3 Å². The van der Waals surface area contributed by atoms with Gasteiger partial charge in [-0.1, -0.05) is 25.5 Å². The molecule has 0 aliphatic carbocycles. The molecule has 0 spiro atoms. The molecule has 110 valence electrons. The summed E-state index contributed by atoms with van der Waals surface area (Å²) < 4.78 is 7.84. The number of alkyl halides is 1. The molecule has 4 heteroatoms. The first-order valence-electron chi connectivity index (χ1n) is 7.41. The second-order valence-corrected chi connectivity index (χ2v) is 5.70. The van der Waals surface area contributed by atoms with Gasteiger partial charge in [0.25, 0.3) is 0 Å². The second-order valence-electron chi connectivity index (χ2n) is 5.05. The van der Waals surface area contributed by atoms with Crippen LogP contribution in [0.5, 0.6) is 0 Å². The van der Waals surface area contributed by atoms with E-state index in [1.54, 1.807) is 0 Å². The third kappa shape index (κ3) is 3.74. The monoisotopic (exact) mass is 294 g/mol. The summed E-state index contributed by atoms with van der Waals surface area (Å²) in [4.78, 5) is 4.63. The Morgan fingerprint density at radius 3 is 2.75 bits per heavy atom. The largest absolute Gasteiger partial charge is 0.381 e. The number of aryl methyl sites for hydroxylation is 1. The summed E-state index contributed by atoms with van der Waals surface area (Å²) >= 11 is 6.25. The maximum absolute atomic E-state index is 6.25. The van der Waals surface area contributed by atoms with E-state index in [9.17, 15) is 0 Å². The number of ether oxygens (including phenoxy) is 1. The van der Waals surface area contributed by atoms with Crippen LogP contribution in [-0.4, -0.2) is 22.8 Å². The number of halogens is 1. The van der Waals surface area contributed by atoms with Crippen LogP contribution in [0, 0.1) is 0 Å². The molecule has 3 nitrogen and oxygen atoms in total. The van der Waals surface area contributed by atoms with Gasteiger partial charge in [0.05, 0.1) is 16.4 Å². The minimum atomic E-state index is -0.0802. The molecule has 0 N–H and O–H groups in total. The highest BCUT2D eigenvalue weighted by atomic mass is 35.5. The van der Waals surface area contributed by atoms with Gasteiger partial charge in [0.2, 0.25) is 0 Å². The van der Waals surface area contributed by atoms with Crippen LogP contribution >= 0.6 is 11.6 Å². The standard InChI is InChI=1S/C16H23ClN2O/c1-3-4-11-20-12-7-10-19-15-9-6-5-8-14(15)18-16(19)13(2)17/h5-6,8-9,13H,3-4,7,10-12H2,1-2H3. The number of hydrogen-bond donors (Lipinski definition) is 0. The first kappa shape index (κ1) is 15.3. The fourth-order valence-corrected chi connectivity index (χ4v) is 2.47. The Labute approximate surface area is 125 Å². The Morgan fingerprint density at radius 2 is 2.00 bits per heavy atom. The zero-order chi connectivity index (χ0) is 14.4. The summed E-state index contributed by atoms with van der Waals surface area (Å²) in [6.07, 6.45) is 3.30. The average molecular weight is 295 g/mol. The lowest BCUT2D eigenvalue weighted by molar-refractivity contribution is 0.126. The molecule has 1 unspecified atom stereocenters. The molecule has 0 bridgehead atoms. The smallest absolute Gasteiger partial charge is 0.127 e. The molecule has 0 amide bonds. The lowest BCUT2D eigenvalue weighted by Gasteiger charge is -2.10. The van der Waals surface area contributed by atoms with E-state index in [1.807, 2.05) is 25.1 Å². The molecule has 0 aliphatic rings. The molecule has 1 aromatic carbocycles. The van der Waals surface area contributed by atoms with Crippen LogP contribution < -0.4 is 0 Å². The molecule has 1 aromatic heterocycles. The Morgan fingerprint density at radius 1 is 1.25 bits per heavy atom. The number of benzene rings is 1. The van der Waals surface area contributed by atoms with E-state index >= 15 is 0 Å². The second kappa shape index (κ2) is 7.65. The molecule has 2 rings (SSSR count). The molecule has 0 saturated heterocycles. The number of nitrogens with zero attached hydrogens (tertiary/aromatic N) is 2. The third-order valence-corrected chi connectivity index (χ3v) is 3.55. The van der Waals surface area contributed by atoms with Crippen molar-refractivity contribution < 1.29 is 4.74 Å². The van der Waals surface area contributed by atoms with Gasteiger partial charge >= 0.3 is 0 Å². The van der Waals surface area contributed by atoms with Crippen LogP contribution in [-0.2, 0) is 11.3 Å². The Kier molecular flexibility index (Phi) is 5.86. The predicted molar refractivity (Wildman–Crippen MR) is 84.3 cm³/mol. The molecule has 0 aliphatic heterocycles. The number of para-hydroxylation sites is 2. The van der Waals surface area contributed by atoms with E-state index < -0.39 is 0 Å². The quantitative estimate of drug-likeness (QED) is 0.528. The van der Waals surface area contributed by atoms with Gasteiger partial charge in [-0.2, -0.15) is 0 Å². The number of rotatable bonds is 8. The summed E-state index contributed by atoms with van der Waals surface area (Å²) in [6.45, 7) is 6.70. The number of imidazole rings is 1. The summed E-state index contributed by atoms with van der Waals surface area (Å²) in [6, 6.07) is 8.19. The van der Waals surface area contributed by atoms with Gasteiger partial charge in [0.1, 0.15) is 5.82 Å². The lowest BCUT2D eigenvalue weighted by Crippen LogP contribution is -2.07. The highest BCUT2D eigenvalue weighted by Crippen LogP contribution is 2.24. The van der Waals surface area contributed by atoms with Gasteiger partial charge < -0.3 is 9.30 Å². The Balaban J connectivity index is 2.02. The van der Waals surface area contributed by atoms with Gasteiger partial charge in [0, 0.05) is 19.8 Å². The van der Waals surface area contributed by atoms with Crippen molar-refractivity contribution in [2.24, 2.45) is 0 Å². The minimum Gasteiger partial charge on any atom is -0.381 e. The van der Waals surface area contributed by atoms with Gasteiger partial charge in [-0.25, -0.2) is 4.98 Å². The summed E-state index contributed by atoms with van der Waals surface area (Å²) in [5.74, 6) is 0.946. The molecule has 0 fully saturated rings. The van der Waals surface area contributed by atoms with E-state index in [-0.39, 0.29) is 5.38 Å². The van der Waals surface area contributed by atoms with Crippen molar-refractivity contribution in [1.82, 2.24) is 9.55 Å². The van der Waals surface area contributed by atoms with Crippen LogP contribution in [0.1, 0.15) is 44.3 Å². The molecule has 1 atom stereocenters. The predicted octanol–water partition coefficient (Wildman–Crippen LogP) is 4.54. The Bertz CT molecular complexity index is 536. The van der Waals surface area contributed by atoms with E-state index in [4.69, 9.17) is 16.3 Å². The van der Waals surface area contributed by atoms with Crippen LogP contribution in [0.2, 0.25) is 0 Å². The maximum atomic E-state index is 6.25. The molecule has 0 saturated carbocycles. The summed E-state index contributed by atoms with van der Waals surface area (Å²) in [7, 11) is 0. The fourth-order valence-electron chi connectivity index (χ4n) is 2.31. The van der Waals surface area contributed by atoms with Gasteiger partial charge in [-0.3, -0.25) is 0 Å². The molecular formula is C16H23ClN2O. The van der Waals surface area contributed by atoms with Crippen molar-refractivity contribution in [3.8, 4) is 0 Å². The lowest BCUT2D eigenvalue weighted by atomic mass is 10.3. The molecular weight excluding hydrogens is 272 g/mol. The minimum absolute atomic E-state index is 0.0802. The number of aromatic nitrogens is 2. The summed E-state index contributed by atoms with van der Waals surface area (Å²) in [5, 5.41) is -0.0802. The highest BCUT2D eigenvalue weighted by Gasteiger charge is 2.13. The van der Waals surface area contributed by atoms with Crippen molar-refractivity contribution in [3.05, 3.63) is 30.1 Å². The first-order valence-corrected chi connectivity index (χ1v) is 7.84. The van der Waals surface area contributed by atoms with Gasteiger partial charge in [-0.15, -0.1) is 11.6 Å². The van der Waals surface area contributed by atoms with Crippen molar-refractivity contribution >= 4 is 22.6 Å². The van der Waals surface area contributed by atoms with Crippen LogP contribution in [0.25, 0.3) is 11.0 Å².